The Labute approximate surface area is 103 Å². The zero-order valence-corrected chi connectivity index (χ0v) is 10.4. The van der Waals surface area contributed by atoms with Crippen molar-refractivity contribution in [3.8, 4) is 0 Å². The van der Waals surface area contributed by atoms with Crippen LogP contribution in [0, 0.1) is 11.7 Å². The lowest BCUT2D eigenvalue weighted by Crippen LogP contribution is -2.29. The average molecular weight is 236 g/mol. The van der Waals surface area contributed by atoms with E-state index < -0.39 is 0 Å². The summed E-state index contributed by atoms with van der Waals surface area (Å²) in [4.78, 5) is 2.14. The van der Waals surface area contributed by atoms with E-state index in [4.69, 9.17) is 5.73 Å². The van der Waals surface area contributed by atoms with Crippen molar-refractivity contribution in [1.29, 1.82) is 0 Å². The average Bonchev–Trinajstić information content (AvgIpc) is 3.13. The second-order valence-corrected chi connectivity index (χ2v) is 5.12. The summed E-state index contributed by atoms with van der Waals surface area (Å²) >= 11 is 0. The van der Waals surface area contributed by atoms with Crippen LogP contribution in [0.15, 0.2) is 24.3 Å². The van der Waals surface area contributed by atoms with Crippen molar-refractivity contribution >= 4 is 0 Å². The van der Waals surface area contributed by atoms with E-state index in [1.54, 1.807) is 6.07 Å². The summed E-state index contributed by atoms with van der Waals surface area (Å²) in [5, 5.41) is 0. The third-order valence-electron chi connectivity index (χ3n) is 3.47. The molecular weight excluding hydrogens is 215 g/mol. The predicted octanol–water partition coefficient (Wildman–Crippen LogP) is 2.38. The maximum absolute atomic E-state index is 13.4. The molecule has 1 aliphatic rings. The number of hydrogen-bond acceptors (Lipinski definition) is 2. The summed E-state index contributed by atoms with van der Waals surface area (Å²) in [6.45, 7) is 1.59. The van der Waals surface area contributed by atoms with Gasteiger partial charge >= 0.3 is 0 Å². The molecule has 94 valence electrons. The minimum Gasteiger partial charge on any atom is -0.327 e. The second-order valence-electron chi connectivity index (χ2n) is 5.12. The normalized spacial score (nSPS) is 17.4. The first-order valence-corrected chi connectivity index (χ1v) is 6.34. The molecule has 1 saturated carbocycles. The van der Waals surface area contributed by atoms with Crippen LogP contribution in [0.5, 0.6) is 0 Å². The van der Waals surface area contributed by atoms with Gasteiger partial charge in [-0.05, 0) is 44.8 Å². The molecular formula is C14H21FN2. The number of nitrogens with two attached hydrogens (primary N) is 1. The smallest absolute Gasteiger partial charge is 0.127 e. The van der Waals surface area contributed by atoms with E-state index in [0.717, 1.165) is 24.4 Å². The van der Waals surface area contributed by atoms with Gasteiger partial charge in [0.25, 0.3) is 0 Å². The van der Waals surface area contributed by atoms with Crippen LogP contribution in [0.4, 0.5) is 4.39 Å². The third-order valence-corrected chi connectivity index (χ3v) is 3.47. The molecule has 1 atom stereocenters. The summed E-state index contributed by atoms with van der Waals surface area (Å²) < 4.78 is 13.4. The van der Waals surface area contributed by atoms with Crippen LogP contribution >= 0.6 is 0 Å². The number of rotatable bonds is 6. The molecule has 0 bridgehead atoms. The van der Waals surface area contributed by atoms with E-state index in [1.165, 1.54) is 18.9 Å². The van der Waals surface area contributed by atoms with E-state index in [0.29, 0.717) is 12.6 Å². The highest BCUT2D eigenvalue weighted by atomic mass is 19.1. The van der Waals surface area contributed by atoms with Gasteiger partial charge in [0.2, 0.25) is 0 Å². The highest BCUT2D eigenvalue weighted by Gasteiger charge is 2.28. The van der Waals surface area contributed by atoms with Crippen molar-refractivity contribution in [3.63, 3.8) is 0 Å². The summed E-state index contributed by atoms with van der Waals surface area (Å²) in [7, 11) is 2.02. The molecule has 1 fully saturated rings. The Balaban J connectivity index is 1.76. The van der Waals surface area contributed by atoms with Crippen LogP contribution in [-0.4, -0.2) is 24.5 Å². The van der Waals surface area contributed by atoms with E-state index in [1.807, 2.05) is 19.2 Å². The summed E-state index contributed by atoms with van der Waals surface area (Å²) in [6.07, 6.45) is 3.59. The first-order valence-electron chi connectivity index (χ1n) is 6.34. The van der Waals surface area contributed by atoms with Gasteiger partial charge in [-0.2, -0.15) is 0 Å². The Morgan fingerprint density at radius 2 is 2.12 bits per heavy atom. The molecule has 0 amide bonds. The lowest BCUT2D eigenvalue weighted by atomic mass is 10.1. The molecule has 1 aromatic carbocycles. The largest absolute Gasteiger partial charge is 0.327 e. The molecule has 0 aliphatic heterocycles. The Kier molecular flexibility index (Phi) is 4.13. The summed E-state index contributed by atoms with van der Waals surface area (Å²) in [5.74, 6) is 0.628. The van der Waals surface area contributed by atoms with Crippen molar-refractivity contribution < 1.29 is 4.39 Å². The van der Waals surface area contributed by atoms with Gasteiger partial charge in [-0.15, -0.1) is 0 Å². The van der Waals surface area contributed by atoms with Gasteiger partial charge < -0.3 is 10.6 Å². The molecule has 2 nitrogen and oxygen atoms in total. The molecule has 1 aromatic rings. The number of benzene rings is 1. The van der Waals surface area contributed by atoms with Crippen LogP contribution < -0.4 is 5.73 Å². The minimum absolute atomic E-state index is 0.120. The van der Waals surface area contributed by atoms with Crippen molar-refractivity contribution in [1.82, 2.24) is 4.90 Å². The Morgan fingerprint density at radius 3 is 2.76 bits per heavy atom. The van der Waals surface area contributed by atoms with Gasteiger partial charge in [-0.25, -0.2) is 4.39 Å². The fourth-order valence-electron chi connectivity index (χ4n) is 2.13. The number of hydrogen-bond donors (Lipinski definition) is 1. The standard InChI is InChI=1S/C14H21FN2/c1-17(9-8-14(16)11-6-7-11)10-12-4-2-3-5-13(12)15/h2-5,11,14H,6-10,16H2,1H3. The van der Waals surface area contributed by atoms with E-state index in [9.17, 15) is 4.39 Å². The highest BCUT2D eigenvalue weighted by Crippen LogP contribution is 2.32. The van der Waals surface area contributed by atoms with Crippen LogP contribution in [0.2, 0.25) is 0 Å². The molecule has 1 unspecified atom stereocenters. The molecule has 2 rings (SSSR count). The maximum atomic E-state index is 13.4. The molecule has 0 radical (unpaired) electrons. The third kappa shape index (κ3) is 3.79. The summed E-state index contributed by atoms with van der Waals surface area (Å²) in [6, 6.07) is 7.29. The monoisotopic (exact) mass is 236 g/mol. The van der Waals surface area contributed by atoms with Gasteiger partial charge in [0, 0.05) is 18.2 Å². The molecule has 1 aliphatic carbocycles. The lowest BCUT2D eigenvalue weighted by Gasteiger charge is -2.19. The first kappa shape index (κ1) is 12.5. The van der Waals surface area contributed by atoms with Gasteiger partial charge in [0.1, 0.15) is 5.82 Å². The highest BCUT2D eigenvalue weighted by molar-refractivity contribution is 5.16. The lowest BCUT2D eigenvalue weighted by molar-refractivity contribution is 0.301. The van der Waals surface area contributed by atoms with Gasteiger partial charge in [0.15, 0.2) is 0 Å². The van der Waals surface area contributed by atoms with Crippen LogP contribution in [-0.2, 0) is 6.54 Å². The Hall–Kier alpha value is -0.930. The zero-order valence-electron chi connectivity index (χ0n) is 10.4. The van der Waals surface area contributed by atoms with Crippen LogP contribution in [0.3, 0.4) is 0 Å². The topological polar surface area (TPSA) is 29.3 Å². The van der Waals surface area contributed by atoms with Gasteiger partial charge in [-0.3, -0.25) is 0 Å². The molecule has 0 aromatic heterocycles. The van der Waals surface area contributed by atoms with Crippen molar-refractivity contribution in [2.75, 3.05) is 13.6 Å². The van der Waals surface area contributed by atoms with Gasteiger partial charge in [-0.1, -0.05) is 18.2 Å². The molecule has 2 N–H and O–H groups in total. The molecule has 0 saturated heterocycles. The quantitative estimate of drug-likeness (QED) is 0.821. The maximum Gasteiger partial charge on any atom is 0.127 e. The molecule has 3 heteroatoms. The molecule has 0 spiro atoms. The fourth-order valence-corrected chi connectivity index (χ4v) is 2.13. The van der Waals surface area contributed by atoms with E-state index >= 15 is 0 Å². The van der Waals surface area contributed by atoms with Crippen molar-refractivity contribution in [2.24, 2.45) is 11.7 Å². The van der Waals surface area contributed by atoms with Crippen LogP contribution in [0.1, 0.15) is 24.8 Å². The SMILES string of the molecule is CN(CCC(N)C1CC1)Cc1ccccc1F. The first-order chi connectivity index (χ1) is 8.16. The predicted molar refractivity (Wildman–Crippen MR) is 68.1 cm³/mol. The fraction of sp³-hybridized carbons (Fsp3) is 0.571. The Morgan fingerprint density at radius 1 is 1.41 bits per heavy atom. The van der Waals surface area contributed by atoms with Crippen LogP contribution in [0.25, 0.3) is 0 Å². The number of halogens is 1. The minimum atomic E-state index is -0.120. The Bertz CT molecular complexity index is 363. The van der Waals surface area contributed by atoms with E-state index in [-0.39, 0.29) is 5.82 Å². The summed E-state index contributed by atoms with van der Waals surface area (Å²) in [5.41, 5.74) is 6.81. The van der Waals surface area contributed by atoms with Crippen molar-refractivity contribution in [3.05, 3.63) is 35.6 Å². The number of nitrogens with zero attached hydrogens (tertiary/aromatic N) is 1. The zero-order chi connectivity index (χ0) is 12.3. The second kappa shape index (κ2) is 5.61. The van der Waals surface area contributed by atoms with Crippen molar-refractivity contribution in [2.45, 2.75) is 31.8 Å². The molecule has 0 heterocycles. The van der Waals surface area contributed by atoms with E-state index in [2.05, 4.69) is 4.90 Å². The van der Waals surface area contributed by atoms with Gasteiger partial charge in [0.05, 0.1) is 0 Å². The molecule has 17 heavy (non-hydrogen) atoms.